The Morgan fingerprint density at radius 3 is 2.30 bits per heavy atom. The van der Waals surface area contributed by atoms with E-state index in [1.807, 2.05) is 43.3 Å². The average Bonchev–Trinajstić information content (AvgIpc) is 2.64. The van der Waals surface area contributed by atoms with Crippen molar-refractivity contribution in [2.75, 3.05) is 22.7 Å². The molecule has 0 spiro atoms. The van der Waals surface area contributed by atoms with Crippen LogP contribution in [0.5, 0.6) is 0 Å². The summed E-state index contributed by atoms with van der Waals surface area (Å²) in [6, 6.07) is 16.3. The molecule has 1 N–H and O–H groups in total. The number of fused-ring (bicyclic) bond motifs is 1. The molecule has 0 aliphatic heterocycles. The van der Waals surface area contributed by atoms with E-state index in [0.717, 1.165) is 29.7 Å². The molecule has 0 heterocycles. The van der Waals surface area contributed by atoms with Crippen LogP contribution in [0.2, 0.25) is 5.02 Å². The van der Waals surface area contributed by atoms with Crippen LogP contribution in [0.3, 0.4) is 0 Å². The van der Waals surface area contributed by atoms with Crippen LogP contribution in [0.4, 0.5) is 11.4 Å². The Morgan fingerprint density at radius 1 is 1.00 bits per heavy atom. The van der Waals surface area contributed by atoms with Crippen molar-refractivity contribution in [1.29, 1.82) is 0 Å². The molecule has 0 amide bonds. The zero-order valence-corrected chi connectivity index (χ0v) is 17.2. The summed E-state index contributed by atoms with van der Waals surface area (Å²) in [5, 5.41) is 1.74. The molecule has 0 saturated heterocycles. The van der Waals surface area contributed by atoms with Crippen LogP contribution in [0.1, 0.15) is 19.4 Å². The molecule has 0 bridgehead atoms. The summed E-state index contributed by atoms with van der Waals surface area (Å²) in [6.45, 7) is 7.89. The number of hydrogen-bond donors (Lipinski definition) is 1. The highest BCUT2D eigenvalue weighted by atomic mass is 35.5. The minimum absolute atomic E-state index is 0.179. The summed E-state index contributed by atoms with van der Waals surface area (Å²) in [6.07, 6.45) is 0. The smallest absolute Gasteiger partial charge is 0.262 e. The topological polar surface area (TPSA) is 49.4 Å². The largest absolute Gasteiger partial charge is 0.372 e. The average molecular weight is 403 g/mol. The Morgan fingerprint density at radius 2 is 1.67 bits per heavy atom. The van der Waals surface area contributed by atoms with Crippen LogP contribution in [-0.2, 0) is 10.0 Å². The molecular weight excluding hydrogens is 380 g/mol. The second-order valence-corrected chi connectivity index (χ2v) is 8.43. The van der Waals surface area contributed by atoms with Gasteiger partial charge in [-0.3, -0.25) is 4.72 Å². The maximum absolute atomic E-state index is 13.1. The quantitative estimate of drug-likeness (QED) is 0.596. The molecule has 0 aliphatic rings. The molecule has 4 nitrogen and oxygen atoms in total. The van der Waals surface area contributed by atoms with E-state index in [0.29, 0.717) is 16.1 Å². The van der Waals surface area contributed by atoms with Crippen LogP contribution in [0.15, 0.2) is 59.5 Å². The summed E-state index contributed by atoms with van der Waals surface area (Å²) in [4.78, 5) is 2.40. The zero-order valence-electron chi connectivity index (χ0n) is 15.7. The first-order chi connectivity index (χ1) is 12.9. The second-order valence-electron chi connectivity index (χ2n) is 6.37. The third-order valence-corrected chi connectivity index (χ3v) is 6.41. The Bertz CT molecular complexity index is 1070. The Balaban J connectivity index is 2.01. The number of anilines is 2. The van der Waals surface area contributed by atoms with E-state index < -0.39 is 10.0 Å². The number of nitrogens with one attached hydrogen (secondary N) is 1. The molecule has 0 saturated carbocycles. The van der Waals surface area contributed by atoms with Gasteiger partial charge in [0.25, 0.3) is 10.0 Å². The Labute approximate surface area is 165 Å². The molecule has 3 aromatic rings. The molecule has 0 atom stereocenters. The van der Waals surface area contributed by atoms with Crippen LogP contribution in [0, 0.1) is 6.92 Å². The van der Waals surface area contributed by atoms with Gasteiger partial charge >= 0.3 is 0 Å². The number of hydrogen-bond acceptors (Lipinski definition) is 3. The molecule has 3 rings (SSSR count). The molecular formula is C21H23ClN2O2S. The summed E-state index contributed by atoms with van der Waals surface area (Å²) in [5.74, 6) is 0. The van der Waals surface area contributed by atoms with Crippen molar-refractivity contribution in [2.24, 2.45) is 0 Å². The minimum Gasteiger partial charge on any atom is -0.372 e. The zero-order chi connectivity index (χ0) is 19.6. The van der Waals surface area contributed by atoms with Crippen molar-refractivity contribution in [3.63, 3.8) is 0 Å². The highest BCUT2D eigenvalue weighted by Gasteiger charge is 2.20. The van der Waals surface area contributed by atoms with Gasteiger partial charge in [-0.15, -0.1) is 0 Å². The lowest BCUT2D eigenvalue weighted by Gasteiger charge is -2.22. The molecule has 3 aromatic carbocycles. The van der Waals surface area contributed by atoms with Gasteiger partial charge in [0.15, 0.2) is 0 Å². The van der Waals surface area contributed by atoms with Gasteiger partial charge < -0.3 is 4.90 Å². The lowest BCUT2D eigenvalue weighted by Crippen LogP contribution is -2.22. The van der Waals surface area contributed by atoms with Gasteiger partial charge in [0.05, 0.1) is 10.6 Å². The van der Waals surface area contributed by atoms with Gasteiger partial charge in [0, 0.05) is 29.2 Å². The van der Waals surface area contributed by atoms with E-state index in [2.05, 4.69) is 23.5 Å². The van der Waals surface area contributed by atoms with Gasteiger partial charge in [0.2, 0.25) is 0 Å². The van der Waals surface area contributed by atoms with E-state index in [9.17, 15) is 8.42 Å². The molecule has 27 heavy (non-hydrogen) atoms. The fourth-order valence-corrected chi connectivity index (χ4v) is 4.96. The predicted molar refractivity (Wildman–Crippen MR) is 115 cm³/mol. The highest BCUT2D eigenvalue weighted by Crippen LogP contribution is 2.32. The van der Waals surface area contributed by atoms with Gasteiger partial charge in [0.1, 0.15) is 0 Å². The summed E-state index contributed by atoms with van der Waals surface area (Å²) >= 11 is 6.29. The SMILES string of the molecule is CCN(CC)c1ccc(NS(=O)(=O)c2cccc3cccc(Cl)c23)c(C)c1. The minimum atomic E-state index is -3.78. The predicted octanol–water partition coefficient (Wildman–Crippen LogP) is 5.45. The highest BCUT2D eigenvalue weighted by molar-refractivity contribution is 7.93. The van der Waals surface area contributed by atoms with Crippen LogP contribution < -0.4 is 9.62 Å². The third kappa shape index (κ3) is 3.89. The summed E-state index contributed by atoms with van der Waals surface area (Å²) < 4.78 is 28.9. The molecule has 0 radical (unpaired) electrons. The van der Waals surface area contributed by atoms with Gasteiger partial charge in [-0.2, -0.15) is 0 Å². The number of halogens is 1. The van der Waals surface area contributed by atoms with E-state index >= 15 is 0 Å². The molecule has 0 aromatic heterocycles. The fraction of sp³-hybridized carbons (Fsp3) is 0.238. The monoisotopic (exact) mass is 402 g/mol. The second kappa shape index (κ2) is 7.79. The molecule has 0 fully saturated rings. The van der Waals surface area contributed by atoms with Crippen LogP contribution in [0.25, 0.3) is 10.8 Å². The molecule has 6 heteroatoms. The first-order valence-electron chi connectivity index (χ1n) is 8.93. The number of aryl methyl sites for hydroxylation is 1. The van der Waals surface area contributed by atoms with E-state index in [1.54, 1.807) is 18.2 Å². The molecule has 0 unspecified atom stereocenters. The number of sulfonamides is 1. The Hall–Kier alpha value is -2.24. The van der Waals surface area contributed by atoms with Crippen molar-refractivity contribution >= 4 is 43.8 Å². The maximum Gasteiger partial charge on any atom is 0.262 e. The van der Waals surface area contributed by atoms with E-state index in [4.69, 9.17) is 11.6 Å². The van der Waals surface area contributed by atoms with Gasteiger partial charge in [-0.05, 0) is 62.1 Å². The number of rotatable bonds is 6. The summed E-state index contributed by atoms with van der Waals surface area (Å²) in [7, 11) is -3.78. The molecule has 142 valence electrons. The number of nitrogens with zero attached hydrogens (tertiary/aromatic N) is 1. The standard InChI is InChI=1S/C21H23ClN2O2S/c1-4-24(5-2)17-12-13-19(15(3)14-17)23-27(25,26)20-11-7-9-16-8-6-10-18(22)21(16)20/h6-14,23H,4-5H2,1-3H3. The van der Waals surface area contributed by atoms with Crippen molar-refractivity contribution < 1.29 is 8.42 Å². The van der Waals surface area contributed by atoms with Crippen LogP contribution in [-0.4, -0.2) is 21.5 Å². The van der Waals surface area contributed by atoms with Gasteiger partial charge in [-0.25, -0.2) is 8.42 Å². The normalized spacial score (nSPS) is 11.6. The maximum atomic E-state index is 13.1. The van der Waals surface area contributed by atoms with Crippen LogP contribution >= 0.6 is 11.6 Å². The van der Waals surface area contributed by atoms with Crippen molar-refractivity contribution in [3.05, 3.63) is 65.2 Å². The van der Waals surface area contributed by atoms with Crippen molar-refractivity contribution in [2.45, 2.75) is 25.7 Å². The van der Waals surface area contributed by atoms with Crippen molar-refractivity contribution in [3.8, 4) is 0 Å². The van der Waals surface area contributed by atoms with Gasteiger partial charge in [-0.1, -0.05) is 35.9 Å². The third-order valence-electron chi connectivity index (χ3n) is 4.69. The summed E-state index contributed by atoms with van der Waals surface area (Å²) in [5.41, 5.74) is 2.51. The lowest BCUT2D eigenvalue weighted by molar-refractivity contribution is 0.602. The lowest BCUT2D eigenvalue weighted by atomic mass is 10.1. The van der Waals surface area contributed by atoms with E-state index in [1.165, 1.54) is 0 Å². The van der Waals surface area contributed by atoms with Crippen molar-refractivity contribution in [1.82, 2.24) is 0 Å². The van der Waals surface area contributed by atoms with E-state index in [-0.39, 0.29) is 4.90 Å². The first kappa shape index (κ1) is 19.5. The Kier molecular flexibility index (Phi) is 5.63. The first-order valence-corrected chi connectivity index (χ1v) is 10.8. The number of benzene rings is 3. The molecule has 0 aliphatic carbocycles. The fourth-order valence-electron chi connectivity index (χ4n) is 3.23.